The molecular formula is C10H19N3O. The van der Waals surface area contributed by atoms with Crippen molar-refractivity contribution in [1.29, 1.82) is 0 Å². The molecule has 0 aliphatic heterocycles. The van der Waals surface area contributed by atoms with Crippen molar-refractivity contribution in [3.63, 3.8) is 0 Å². The van der Waals surface area contributed by atoms with Crippen LogP contribution in [0.15, 0.2) is 4.99 Å². The third kappa shape index (κ3) is 2.47. The van der Waals surface area contributed by atoms with Crippen molar-refractivity contribution < 1.29 is 4.79 Å². The molecule has 0 atom stereocenters. The van der Waals surface area contributed by atoms with E-state index in [4.69, 9.17) is 5.73 Å². The second kappa shape index (κ2) is 4.98. The van der Waals surface area contributed by atoms with Crippen molar-refractivity contribution in [2.75, 3.05) is 14.1 Å². The first-order chi connectivity index (χ1) is 6.69. The Morgan fingerprint density at radius 2 is 2.00 bits per heavy atom. The van der Waals surface area contributed by atoms with Gasteiger partial charge in [0.2, 0.25) is 0 Å². The largest absolute Gasteiger partial charge is 0.370 e. The van der Waals surface area contributed by atoms with E-state index in [1.807, 2.05) is 11.9 Å². The molecular weight excluding hydrogens is 178 g/mol. The number of hydrogen-bond acceptors (Lipinski definition) is 2. The molecule has 0 spiro atoms. The Balaban J connectivity index is 2.45. The highest BCUT2D eigenvalue weighted by atomic mass is 16.1. The lowest BCUT2D eigenvalue weighted by Crippen LogP contribution is -2.43. The maximum atomic E-state index is 10.6. The molecule has 0 radical (unpaired) electrons. The molecule has 2 N–H and O–H groups in total. The zero-order valence-corrected chi connectivity index (χ0v) is 8.94. The first kappa shape index (κ1) is 11.0. The van der Waals surface area contributed by atoms with Gasteiger partial charge in [0.25, 0.3) is 0 Å². The van der Waals surface area contributed by atoms with E-state index in [0.29, 0.717) is 12.0 Å². The maximum absolute atomic E-state index is 10.6. The van der Waals surface area contributed by atoms with Gasteiger partial charge < -0.3 is 15.4 Å². The van der Waals surface area contributed by atoms with Crippen LogP contribution in [0.25, 0.3) is 0 Å². The highest BCUT2D eigenvalue weighted by Crippen LogP contribution is 2.25. The van der Waals surface area contributed by atoms with Gasteiger partial charge in [-0.15, -0.1) is 0 Å². The minimum atomic E-state index is 0.263. The van der Waals surface area contributed by atoms with E-state index in [1.165, 1.54) is 0 Å². The average molecular weight is 197 g/mol. The van der Waals surface area contributed by atoms with E-state index in [-0.39, 0.29) is 5.92 Å². The first-order valence-corrected chi connectivity index (χ1v) is 5.09. The third-order valence-electron chi connectivity index (χ3n) is 3.07. The molecule has 0 aromatic heterocycles. The van der Waals surface area contributed by atoms with E-state index in [0.717, 1.165) is 32.0 Å². The Morgan fingerprint density at radius 3 is 2.43 bits per heavy atom. The Labute approximate surface area is 85.2 Å². The number of hydrogen-bond donors (Lipinski definition) is 1. The molecule has 0 saturated heterocycles. The van der Waals surface area contributed by atoms with Crippen LogP contribution in [0.4, 0.5) is 0 Å². The van der Waals surface area contributed by atoms with Gasteiger partial charge >= 0.3 is 0 Å². The lowest BCUT2D eigenvalue weighted by atomic mass is 9.86. The fourth-order valence-corrected chi connectivity index (χ4v) is 1.97. The van der Waals surface area contributed by atoms with Crippen LogP contribution < -0.4 is 5.73 Å². The number of carbonyl (C=O) groups is 1. The summed E-state index contributed by atoms with van der Waals surface area (Å²) < 4.78 is 0. The minimum absolute atomic E-state index is 0.263. The molecule has 14 heavy (non-hydrogen) atoms. The number of nitrogens with two attached hydrogens (primary N) is 1. The molecule has 0 heterocycles. The maximum Gasteiger partial charge on any atom is 0.190 e. The molecule has 1 rings (SSSR count). The number of carbonyl (C=O) groups excluding carboxylic acids is 1. The summed E-state index contributed by atoms with van der Waals surface area (Å²) in [7, 11) is 3.66. The van der Waals surface area contributed by atoms with Gasteiger partial charge in [0.15, 0.2) is 5.96 Å². The topological polar surface area (TPSA) is 58.7 Å². The number of aldehydes is 1. The standard InChI is InChI=1S/C10H19N3O/c1-12-10(11)13(2)9-5-3-8(7-14)4-6-9/h7-9H,3-6H2,1-2H3,(H2,11,12). The number of rotatable bonds is 2. The zero-order valence-electron chi connectivity index (χ0n) is 8.94. The van der Waals surface area contributed by atoms with Crippen LogP contribution in [0.1, 0.15) is 25.7 Å². The lowest BCUT2D eigenvalue weighted by molar-refractivity contribution is -0.112. The first-order valence-electron chi connectivity index (χ1n) is 5.09. The highest BCUT2D eigenvalue weighted by Gasteiger charge is 2.24. The quantitative estimate of drug-likeness (QED) is 0.401. The molecule has 0 amide bonds. The molecule has 1 aliphatic rings. The van der Waals surface area contributed by atoms with Crippen LogP contribution in [0.2, 0.25) is 0 Å². The van der Waals surface area contributed by atoms with Crippen LogP contribution in [0, 0.1) is 5.92 Å². The molecule has 1 saturated carbocycles. The van der Waals surface area contributed by atoms with Crippen molar-refractivity contribution in [3.05, 3.63) is 0 Å². The number of guanidine groups is 1. The zero-order chi connectivity index (χ0) is 10.6. The fourth-order valence-electron chi connectivity index (χ4n) is 1.97. The summed E-state index contributed by atoms with van der Waals surface area (Å²) in [4.78, 5) is 16.5. The second-order valence-corrected chi connectivity index (χ2v) is 3.90. The van der Waals surface area contributed by atoms with Gasteiger partial charge in [0.05, 0.1) is 0 Å². The summed E-state index contributed by atoms with van der Waals surface area (Å²) in [5.74, 6) is 0.846. The normalized spacial score (nSPS) is 28.6. The second-order valence-electron chi connectivity index (χ2n) is 3.90. The molecule has 4 heteroatoms. The molecule has 1 aliphatic carbocycles. The molecule has 1 fully saturated rings. The van der Waals surface area contributed by atoms with Gasteiger partial charge in [-0.25, -0.2) is 0 Å². The Morgan fingerprint density at radius 1 is 1.43 bits per heavy atom. The SMILES string of the molecule is CN=C(N)N(C)C1CCC(C=O)CC1. The molecule has 0 aromatic carbocycles. The van der Waals surface area contributed by atoms with Crippen LogP contribution >= 0.6 is 0 Å². The van der Waals surface area contributed by atoms with E-state index in [9.17, 15) is 4.79 Å². The van der Waals surface area contributed by atoms with Gasteiger partial charge in [-0.1, -0.05) is 0 Å². The predicted molar refractivity (Wildman–Crippen MR) is 57.1 cm³/mol. The molecule has 0 unspecified atom stereocenters. The van der Waals surface area contributed by atoms with Crippen LogP contribution in [-0.4, -0.2) is 37.3 Å². The van der Waals surface area contributed by atoms with Crippen LogP contribution in [-0.2, 0) is 4.79 Å². The average Bonchev–Trinajstić information content (AvgIpc) is 2.27. The van der Waals surface area contributed by atoms with Gasteiger partial charge in [0.1, 0.15) is 6.29 Å². The van der Waals surface area contributed by atoms with Crippen molar-refractivity contribution in [3.8, 4) is 0 Å². The molecule has 4 nitrogen and oxygen atoms in total. The summed E-state index contributed by atoms with van der Waals surface area (Å²) in [6, 6.07) is 0.454. The molecule has 0 bridgehead atoms. The van der Waals surface area contributed by atoms with E-state index >= 15 is 0 Å². The van der Waals surface area contributed by atoms with E-state index in [1.54, 1.807) is 7.05 Å². The van der Waals surface area contributed by atoms with E-state index in [2.05, 4.69) is 4.99 Å². The van der Waals surface area contributed by atoms with Crippen LogP contribution in [0.3, 0.4) is 0 Å². The summed E-state index contributed by atoms with van der Waals surface area (Å²) in [5.41, 5.74) is 5.72. The minimum Gasteiger partial charge on any atom is -0.370 e. The van der Waals surface area contributed by atoms with Gasteiger partial charge in [-0.2, -0.15) is 0 Å². The predicted octanol–water partition coefficient (Wildman–Crippen LogP) is 0.620. The van der Waals surface area contributed by atoms with Gasteiger partial charge in [-0.05, 0) is 25.7 Å². The molecule has 0 aromatic rings. The van der Waals surface area contributed by atoms with Crippen LogP contribution in [0.5, 0.6) is 0 Å². The summed E-state index contributed by atoms with van der Waals surface area (Å²) in [6.45, 7) is 0. The van der Waals surface area contributed by atoms with Crippen molar-refractivity contribution in [2.45, 2.75) is 31.7 Å². The smallest absolute Gasteiger partial charge is 0.190 e. The van der Waals surface area contributed by atoms with Crippen molar-refractivity contribution in [1.82, 2.24) is 4.90 Å². The highest BCUT2D eigenvalue weighted by molar-refractivity contribution is 5.77. The molecule has 80 valence electrons. The van der Waals surface area contributed by atoms with Crippen molar-refractivity contribution >= 4 is 12.2 Å². The van der Waals surface area contributed by atoms with E-state index < -0.39 is 0 Å². The Hall–Kier alpha value is -1.06. The monoisotopic (exact) mass is 197 g/mol. The van der Waals surface area contributed by atoms with Crippen molar-refractivity contribution in [2.24, 2.45) is 16.6 Å². The third-order valence-corrected chi connectivity index (χ3v) is 3.07. The van der Waals surface area contributed by atoms with Gasteiger partial charge in [0, 0.05) is 26.1 Å². The fraction of sp³-hybridized carbons (Fsp3) is 0.800. The number of nitrogens with zero attached hydrogens (tertiary/aromatic N) is 2. The Bertz CT molecular complexity index is 219. The lowest BCUT2D eigenvalue weighted by Gasteiger charge is -2.33. The summed E-state index contributed by atoms with van der Waals surface area (Å²) >= 11 is 0. The number of aliphatic imine (C=N–C) groups is 1. The van der Waals surface area contributed by atoms with Gasteiger partial charge in [-0.3, -0.25) is 4.99 Å². The summed E-state index contributed by atoms with van der Waals surface area (Å²) in [6.07, 6.45) is 5.12. The summed E-state index contributed by atoms with van der Waals surface area (Å²) in [5, 5.41) is 0. The Kier molecular flexibility index (Phi) is 3.92.